The molecule has 0 aliphatic carbocycles. The predicted molar refractivity (Wildman–Crippen MR) is 67.1 cm³/mol. The summed E-state index contributed by atoms with van der Waals surface area (Å²) in [6.45, 7) is 6.46. The van der Waals surface area contributed by atoms with Gasteiger partial charge in [-0.05, 0) is 56.0 Å². The molecule has 2 heteroatoms. The molecule has 0 saturated carbocycles. The molecule has 0 radical (unpaired) electrons. The summed E-state index contributed by atoms with van der Waals surface area (Å²) in [4.78, 5) is 0. The summed E-state index contributed by atoms with van der Waals surface area (Å²) in [5.74, 6) is 1.02. The molecule has 16 heavy (non-hydrogen) atoms. The highest BCUT2D eigenvalue weighted by Crippen LogP contribution is 2.20. The molecule has 1 N–H and O–H groups in total. The quantitative estimate of drug-likeness (QED) is 0.844. The van der Waals surface area contributed by atoms with Crippen molar-refractivity contribution >= 4 is 0 Å². The first-order chi connectivity index (χ1) is 7.79. The summed E-state index contributed by atoms with van der Waals surface area (Å²) in [5.41, 5.74) is 2.75. The van der Waals surface area contributed by atoms with Crippen LogP contribution in [0.1, 0.15) is 30.9 Å². The summed E-state index contributed by atoms with van der Waals surface area (Å²) < 4.78 is 5.99. The second-order valence-electron chi connectivity index (χ2n) is 4.53. The molecule has 0 aromatic heterocycles. The zero-order chi connectivity index (χ0) is 11.4. The highest BCUT2D eigenvalue weighted by atomic mass is 16.5. The minimum atomic E-state index is 0.348. The SMILES string of the molecule is CCc1cc(OC2CCCNC2)ccc1C. The Labute approximate surface area is 98.0 Å². The molecule has 0 bridgehead atoms. The number of nitrogens with one attached hydrogen (secondary N) is 1. The monoisotopic (exact) mass is 219 g/mol. The lowest BCUT2D eigenvalue weighted by atomic mass is 10.1. The molecule has 1 aliphatic rings. The lowest BCUT2D eigenvalue weighted by Crippen LogP contribution is -2.37. The van der Waals surface area contributed by atoms with Crippen LogP contribution in [0.15, 0.2) is 18.2 Å². The standard InChI is InChI=1S/C14H21NO/c1-3-12-9-13(7-6-11(12)2)16-14-5-4-8-15-10-14/h6-7,9,14-15H,3-5,8,10H2,1-2H3. The van der Waals surface area contributed by atoms with Gasteiger partial charge in [0.05, 0.1) is 0 Å². The van der Waals surface area contributed by atoms with Crippen molar-refractivity contribution in [1.29, 1.82) is 0 Å². The van der Waals surface area contributed by atoms with Crippen LogP contribution in [0.4, 0.5) is 0 Å². The van der Waals surface area contributed by atoms with Crippen molar-refractivity contribution in [2.24, 2.45) is 0 Å². The van der Waals surface area contributed by atoms with Crippen molar-refractivity contribution in [3.05, 3.63) is 29.3 Å². The number of piperidine rings is 1. The van der Waals surface area contributed by atoms with Crippen molar-refractivity contribution in [3.63, 3.8) is 0 Å². The summed E-state index contributed by atoms with van der Waals surface area (Å²) in [5, 5.41) is 3.37. The van der Waals surface area contributed by atoms with E-state index in [2.05, 4.69) is 37.4 Å². The van der Waals surface area contributed by atoms with Crippen LogP contribution < -0.4 is 10.1 Å². The summed E-state index contributed by atoms with van der Waals surface area (Å²) in [6.07, 6.45) is 3.81. The average molecular weight is 219 g/mol. The van der Waals surface area contributed by atoms with E-state index in [4.69, 9.17) is 4.74 Å². The number of rotatable bonds is 3. The Bertz CT molecular complexity index is 343. The second kappa shape index (κ2) is 5.35. The van der Waals surface area contributed by atoms with E-state index in [9.17, 15) is 0 Å². The Balaban J connectivity index is 2.03. The maximum absolute atomic E-state index is 5.99. The smallest absolute Gasteiger partial charge is 0.120 e. The molecule has 88 valence electrons. The molecule has 0 spiro atoms. The van der Waals surface area contributed by atoms with Crippen LogP contribution in [0.2, 0.25) is 0 Å². The van der Waals surface area contributed by atoms with Gasteiger partial charge in [-0.1, -0.05) is 13.0 Å². The highest BCUT2D eigenvalue weighted by molar-refractivity contribution is 5.35. The van der Waals surface area contributed by atoms with Crippen molar-refractivity contribution < 1.29 is 4.74 Å². The van der Waals surface area contributed by atoms with Gasteiger partial charge in [0.1, 0.15) is 11.9 Å². The molecule has 1 aliphatic heterocycles. The molecule has 1 aromatic rings. The van der Waals surface area contributed by atoms with Crippen LogP contribution in [-0.4, -0.2) is 19.2 Å². The van der Waals surface area contributed by atoms with Gasteiger partial charge in [-0.2, -0.15) is 0 Å². The van der Waals surface area contributed by atoms with Crippen molar-refractivity contribution in [2.75, 3.05) is 13.1 Å². The van der Waals surface area contributed by atoms with Gasteiger partial charge in [0.25, 0.3) is 0 Å². The van der Waals surface area contributed by atoms with Gasteiger partial charge < -0.3 is 10.1 Å². The van der Waals surface area contributed by atoms with E-state index < -0.39 is 0 Å². The van der Waals surface area contributed by atoms with Gasteiger partial charge in [0.2, 0.25) is 0 Å². The van der Waals surface area contributed by atoms with Crippen molar-refractivity contribution in [1.82, 2.24) is 5.32 Å². The lowest BCUT2D eigenvalue weighted by Gasteiger charge is -2.24. The summed E-state index contributed by atoms with van der Waals surface area (Å²) >= 11 is 0. The van der Waals surface area contributed by atoms with Crippen LogP contribution >= 0.6 is 0 Å². The number of ether oxygens (including phenoxy) is 1. The molecular weight excluding hydrogens is 198 g/mol. The molecule has 0 amide bonds. The molecule has 2 nitrogen and oxygen atoms in total. The van der Waals surface area contributed by atoms with E-state index in [-0.39, 0.29) is 0 Å². The second-order valence-corrected chi connectivity index (χ2v) is 4.53. The van der Waals surface area contributed by atoms with E-state index in [1.54, 1.807) is 0 Å². The number of aryl methyl sites for hydroxylation is 2. The van der Waals surface area contributed by atoms with Crippen LogP contribution in [0.3, 0.4) is 0 Å². The first kappa shape index (κ1) is 11.5. The molecule has 1 fully saturated rings. The average Bonchev–Trinajstić information content (AvgIpc) is 2.33. The van der Waals surface area contributed by atoms with Crippen molar-refractivity contribution in [3.8, 4) is 5.75 Å². The molecule has 2 rings (SSSR count). The predicted octanol–water partition coefficient (Wildman–Crippen LogP) is 2.69. The first-order valence-electron chi connectivity index (χ1n) is 6.26. The van der Waals surface area contributed by atoms with E-state index in [1.807, 2.05) is 0 Å². The van der Waals surface area contributed by atoms with Gasteiger partial charge in [-0.25, -0.2) is 0 Å². The Morgan fingerprint density at radius 2 is 2.31 bits per heavy atom. The normalized spacial score (nSPS) is 20.8. The fraction of sp³-hybridized carbons (Fsp3) is 0.571. The number of hydrogen-bond acceptors (Lipinski definition) is 2. The van der Waals surface area contributed by atoms with E-state index in [0.717, 1.165) is 25.3 Å². The van der Waals surface area contributed by atoms with Crippen LogP contribution in [0, 0.1) is 6.92 Å². The fourth-order valence-corrected chi connectivity index (χ4v) is 2.21. The largest absolute Gasteiger partial charge is 0.489 e. The van der Waals surface area contributed by atoms with E-state index >= 15 is 0 Å². The minimum absolute atomic E-state index is 0.348. The maximum atomic E-state index is 5.99. The van der Waals surface area contributed by atoms with Gasteiger partial charge >= 0.3 is 0 Å². The third kappa shape index (κ3) is 2.76. The molecule has 1 unspecified atom stereocenters. The van der Waals surface area contributed by atoms with E-state index in [1.165, 1.54) is 24.0 Å². The third-order valence-electron chi connectivity index (χ3n) is 3.26. The van der Waals surface area contributed by atoms with Crippen LogP contribution in [0.25, 0.3) is 0 Å². The summed E-state index contributed by atoms with van der Waals surface area (Å²) in [7, 11) is 0. The highest BCUT2D eigenvalue weighted by Gasteiger charge is 2.14. The van der Waals surface area contributed by atoms with Gasteiger partial charge in [0.15, 0.2) is 0 Å². The zero-order valence-electron chi connectivity index (χ0n) is 10.3. The third-order valence-corrected chi connectivity index (χ3v) is 3.26. The molecular formula is C14H21NO. The van der Waals surface area contributed by atoms with E-state index in [0.29, 0.717) is 6.10 Å². The van der Waals surface area contributed by atoms with Gasteiger partial charge in [-0.3, -0.25) is 0 Å². The topological polar surface area (TPSA) is 21.3 Å². The number of benzene rings is 1. The Morgan fingerprint density at radius 3 is 3.00 bits per heavy atom. The van der Waals surface area contributed by atoms with Gasteiger partial charge in [-0.15, -0.1) is 0 Å². The Morgan fingerprint density at radius 1 is 1.44 bits per heavy atom. The molecule has 1 atom stereocenters. The lowest BCUT2D eigenvalue weighted by molar-refractivity contribution is 0.167. The maximum Gasteiger partial charge on any atom is 0.120 e. The molecule has 1 heterocycles. The fourth-order valence-electron chi connectivity index (χ4n) is 2.21. The van der Waals surface area contributed by atoms with Crippen LogP contribution in [-0.2, 0) is 6.42 Å². The summed E-state index contributed by atoms with van der Waals surface area (Å²) in [6, 6.07) is 6.43. The molecule has 1 saturated heterocycles. The number of hydrogen-bond donors (Lipinski definition) is 1. The first-order valence-corrected chi connectivity index (χ1v) is 6.26. The van der Waals surface area contributed by atoms with Crippen molar-refractivity contribution in [2.45, 2.75) is 39.2 Å². The zero-order valence-corrected chi connectivity index (χ0v) is 10.3. The minimum Gasteiger partial charge on any atom is -0.489 e. The van der Waals surface area contributed by atoms with Gasteiger partial charge in [0, 0.05) is 6.54 Å². The van der Waals surface area contributed by atoms with Crippen LogP contribution in [0.5, 0.6) is 5.75 Å². The Hall–Kier alpha value is -1.02. The molecule has 1 aromatic carbocycles. The Kier molecular flexibility index (Phi) is 3.83.